The Balaban J connectivity index is 2.74. The first kappa shape index (κ1) is 18.3. The first-order chi connectivity index (χ1) is 10.5. The van der Waals surface area contributed by atoms with Crippen LogP contribution in [-0.2, 0) is 14.3 Å². The normalized spacial score (nSPS) is 13.7. The van der Waals surface area contributed by atoms with E-state index in [4.69, 9.17) is 9.47 Å². The molecule has 1 rings (SSSR count). The molecule has 0 amide bonds. The minimum Gasteiger partial charge on any atom is -0.464 e. The SMILES string of the molecule is CCOC(=O)C(CCC(OC(C)C)c1ccc(C)cc1)N=O. The van der Waals surface area contributed by atoms with E-state index < -0.39 is 12.0 Å². The topological polar surface area (TPSA) is 65.0 Å². The number of nitroso groups, excluding NO2 is 1. The van der Waals surface area contributed by atoms with Gasteiger partial charge in [0.2, 0.25) is 0 Å². The van der Waals surface area contributed by atoms with E-state index in [1.54, 1.807) is 6.92 Å². The van der Waals surface area contributed by atoms with E-state index in [9.17, 15) is 9.70 Å². The van der Waals surface area contributed by atoms with Crippen molar-refractivity contribution in [3.63, 3.8) is 0 Å². The van der Waals surface area contributed by atoms with Crippen LogP contribution in [0.3, 0.4) is 0 Å². The van der Waals surface area contributed by atoms with Gasteiger partial charge in [0, 0.05) is 0 Å². The standard InChI is InChI=1S/C17H25NO4/c1-5-21-17(19)15(18-20)10-11-16(22-12(2)3)14-8-6-13(4)7-9-14/h6-9,12,15-16H,5,10-11H2,1-4H3. The number of carbonyl (C=O) groups is 1. The first-order valence-electron chi connectivity index (χ1n) is 7.69. The number of hydrogen-bond donors (Lipinski definition) is 0. The smallest absolute Gasteiger partial charge is 0.334 e. The van der Waals surface area contributed by atoms with Gasteiger partial charge in [0.05, 0.1) is 18.8 Å². The molecular formula is C17H25NO4. The molecule has 0 N–H and O–H groups in total. The molecule has 0 aliphatic heterocycles. The predicted molar refractivity (Wildman–Crippen MR) is 85.6 cm³/mol. The molecule has 0 fully saturated rings. The van der Waals surface area contributed by atoms with Crippen LogP contribution in [0.1, 0.15) is 50.8 Å². The van der Waals surface area contributed by atoms with Gasteiger partial charge >= 0.3 is 5.97 Å². The minimum absolute atomic E-state index is 0.0523. The first-order valence-corrected chi connectivity index (χ1v) is 7.69. The van der Waals surface area contributed by atoms with Gasteiger partial charge in [-0.25, -0.2) is 4.79 Å². The maximum atomic E-state index is 11.6. The predicted octanol–water partition coefficient (Wildman–Crippen LogP) is 3.94. The maximum absolute atomic E-state index is 11.6. The summed E-state index contributed by atoms with van der Waals surface area (Å²) >= 11 is 0. The largest absolute Gasteiger partial charge is 0.464 e. The van der Waals surface area contributed by atoms with E-state index in [1.165, 1.54) is 5.56 Å². The van der Waals surface area contributed by atoms with Gasteiger partial charge in [-0.3, -0.25) is 0 Å². The van der Waals surface area contributed by atoms with E-state index in [2.05, 4.69) is 5.18 Å². The van der Waals surface area contributed by atoms with Crippen molar-refractivity contribution in [3.8, 4) is 0 Å². The van der Waals surface area contributed by atoms with E-state index in [0.29, 0.717) is 12.8 Å². The molecule has 22 heavy (non-hydrogen) atoms. The number of esters is 1. The molecule has 0 saturated heterocycles. The van der Waals surface area contributed by atoms with Crippen LogP contribution in [0.4, 0.5) is 0 Å². The van der Waals surface area contributed by atoms with Crippen LogP contribution in [0.5, 0.6) is 0 Å². The van der Waals surface area contributed by atoms with Crippen molar-refractivity contribution >= 4 is 5.97 Å². The molecular weight excluding hydrogens is 282 g/mol. The quantitative estimate of drug-likeness (QED) is 0.512. The van der Waals surface area contributed by atoms with Crippen LogP contribution in [0.25, 0.3) is 0 Å². The zero-order chi connectivity index (χ0) is 16.5. The Morgan fingerprint density at radius 3 is 2.32 bits per heavy atom. The summed E-state index contributed by atoms with van der Waals surface area (Å²) in [4.78, 5) is 22.5. The molecule has 122 valence electrons. The fourth-order valence-corrected chi connectivity index (χ4v) is 2.18. The van der Waals surface area contributed by atoms with E-state index in [-0.39, 0.29) is 18.8 Å². The van der Waals surface area contributed by atoms with Gasteiger partial charge in [0.15, 0.2) is 6.04 Å². The van der Waals surface area contributed by atoms with Crippen LogP contribution < -0.4 is 0 Å². The van der Waals surface area contributed by atoms with Crippen molar-refractivity contribution in [1.82, 2.24) is 0 Å². The lowest BCUT2D eigenvalue weighted by Gasteiger charge is -2.22. The number of ether oxygens (including phenoxy) is 2. The second-order valence-corrected chi connectivity index (χ2v) is 5.53. The molecule has 0 bridgehead atoms. The summed E-state index contributed by atoms with van der Waals surface area (Å²) in [6.07, 6.45) is 0.736. The van der Waals surface area contributed by atoms with Crippen molar-refractivity contribution in [2.75, 3.05) is 6.61 Å². The molecule has 2 atom stereocenters. The van der Waals surface area contributed by atoms with Crippen molar-refractivity contribution in [2.45, 2.75) is 58.8 Å². The fraction of sp³-hybridized carbons (Fsp3) is 0.588. The average Bonchev–Trinajstić information content (AvgIpc) is 2.47. The fourth-order valence-electron chi connectivity index (χ4n) is 2.18. The summed E-state index contributed by atoms with van der Waals surface area (Å²) in [5.41, 5.74) is 2.21. The maximum Gasteiger partial charge on any atom is 0.334 e. The Kier molecular flexibility index (Phi) is 7.74. The van der Waals surface area contributed by atoms with Crippen LogP contribution >= 0.6 is 0 Å². The Bertz CT molecular complexity index is 470. The van der Waals surface area contributed by atoms with Gasteiger partial charge in [-0.1, -0.05) is 35.0 Å². The summed E-state index contributed by atoms with van der Waals surface area (Å²) in [5, 5.41) is 2.89. The van der Waals surface area contributed by atoms with Gasteiger partial charge in [0.25, 0.3) is 0 Å². The molecule has 0 aromatic heterocycles. The zero-order valence-corrected chi connectivity index (χ0v) is 13.7. The third-order valence-corrected chi connectivity index (χ3v) is 3.27. The van der Waals surface area contributed by atoms with Crippen molar-refractivity contribution in [1.29, 1.82) is 0 Å². The molecule has 1 aromatic carbocycles. The Labute approximate surface area is 132 Å². The molecule has 0 radical (unpaired) electrons. The number of benzene rings is 1. The molecule has 0 spiro atoms. The van der Waals surface area contributed by atoms with Gasteiger partial charge in [0.1, 0.15) is 0 Å². The number of nitrogens with zero attached hydrogens (tertiary/aromatic N) is 1. The number of hydrogen-bond acceptors (Lipinski definition) is 5. The molecule has 2 unspecified atom stereocenters. The van der Waals surface area contributed by atoms with Crippen LogP contribution in [0.15, 0.2) is 29.4 Å². The van der Waals surface area contributed by atoms with Crippen LogP contribution in [0.2, 0.25) is 0 Å². The zero-order valence-electron chi connectivity index (χ0n) is 13.7. The molecule has 1 aromatic rings. The van der Waals surface area contributed by atoms with Crippen LogP contribution in [-0.4, -0.2) is 24.7 Å². The van der Waals surface area contributed by atoms with Gasteiger partial charge in [-0.05, 0) is 46.1 Å². The Morgan fingerprint density at radius 1 is 1.18 bits per heavy atom. The van der Waals surface area contributed by atoms with E-state index >= 15 is 0 Å². The van der Waals surface area contributed by atoms with Gasteiger partial charge in [-0.2, -0.15) is 0 Å². The highest BCUT2D eigenvalue weighted by Crippen LogP contribution is 2.26. The van der Waals surface area contributed by atoms with Gasteiger partial charge in [-0.15, -0.1) is 4.91 Å². The lowest BCUT2D eigenvalue weighted by Crippen LogP contribution is -2.22. The van der Waals surface area contributed by atoms with Gasteiger partial charge < -0.3 is 9.47 Å². The molecule has 0 aliphatic carbocycles. The summed E-state index contributed by atoms with van der Waals surface area (Å²) in [7, 11) is 0. The Hall–Kier alpha value is -1.75. The molecule has 5 nitrogen and oxygen atoms in total. The monoisotopic (exact) mass is 307 g/mol. The Morgan fingerprint density at radius 2 is 1.82 bits per heavy atom. The lowest BCUT2D eigenvalue weighted by atomic mass is 10.0. The second-order valence-electron chi connectivity index (χ2n) is 5.53. The number of rotatable bonds is 9. The van der Waals surface area contributed by atoms with E-state index in [1.807, 2.05) is 45.0 Å². The lowest BCUT2D eigenvalue weighted by molar-refractivity contribution is -0.145. The molecule has 5 heteroatoms. The van der Waals surface area contributed by atoms with Crippen LogP contribution in [0, 0.1) is 11.8 Å². The highest BCUT2D eigenvalue weighted by atomic mass is 16.5. The summed E-state index contributed by atoms with van der Waals surface area (Å²) < 4.78 is 10.8. The molecule has 0 heterocycles. The minimum atomic E-state index is -0.969. The summed E-state index contributed by atoms with van der Waals surface area (Å²) in [6.45, 7) is 7.89. The third kappa shape index (κ3) is 5.93. The summed E-state index contributed by atoms with van der Waals surface area (Å²) in [6, 6.07) is 7.09. The summed E-state index contributed by atoms with van der Waals surface area (Å²) in [5.74, 6) is -0.565. The number of carbonyl (C=O) groups excluding carboxylic acids is 1. The second kappa shape index (κ2) is 9.30. The average molecular weight is 307 g/mol. The molecule has 0 aliphatic rings. The van der Waals surface area contributed by atoms with Crippen molar-refractivity contribution < 1.29 is 14.3 Å². The highest BCUT2D eigenvalue weighted by molar-refractivity contribution is 5.75. The number of aryl methyl sites for hydroxylation is 1. The van der Waals surface area contributed by atoms with Crippen molar-refractivity contribution in [2.24, 2.45) is 5.18 Å². The van der Waals surface area contributed by atoms with Crippen molar-refractivity contribution in [3.05, 3.63) is 40.3 Å². The van der Waals surface area contributed by atoms with E-state index in [0.717, 1.165) is 5.56 Å². The molecule has 0 saturated carbocycles. The third-order valence-electron chi connectivity index (χ3n) is 3.27. The highest BCUT2D eigenvalue weighted by Gasteiger charge is 2.23.